The van der Waals surface area contributed by atoms with Crippen LogP contribution in [0.5, 0.6) is 0 Å². The van der Waals surface area contributed by atoms with E-state index in [2.05, 4.69) is 15.5 Å². The number of rotatable bonds is 5. The molecule has 0 aliphatic carbocycles. The number of nitrogens with one attached hydrogen (secondary N) is 1. The molecule has 20 heavy (non-hydrogen) atoms. The highest BCUT2D eigenvalue weighted by atomic mass is 16.6. The molecule has 0 aliphatic heterocycles. The van der Waals surface area contributed by atoms with Crippen molar-refractivity contribution in [1.82, 2.24) is 24.9 Å². The van der Waals surface area contributed by atoms with Crippen LogP contribution in [0.2, 0.25) is 0 Å². The number of carbonyl (C=O) groups is 1. The standard InChI is InChI=1S/C11H14N6O3/c1-3-16-7-9(17(19)20)10(14-16)11(18)12-6-8-4-5-15(2)13-8/h4-5,7H,3,6H2,1-2H3,(H,12,18). The van der Waals surface area contributed by atoms with Crippen LogP contribution in [0.25, 0.3) is 0 Å². The summed E-state index contributed by atoms with van der Waals surface area (Å²) in [7, 11) is 1.76. The van der Waals surface area contributed by atoms with E-state index in [9.17, 15) is 14.9 Å². The molecule has 2 aromatic heterocycles. The predicted octanol–water partition coefficient (Wildman–Crippen LogP) is 0.475. The number of nitrogens with zero attached hydrogens (tertiary/aromatic N) is 5. The number of nitro groups is 1. The van der Waals surface area contributed by atoms with Gasteiger partial charge < -0.3 is 5.32 Å². The first-order valence-electron chi connectivity index (χ1n) is 5.99. The molecule has 0 spiro atoms. The van der Waals surface area contributed by atoms with E-state index in [4.69, 9.17) is 0 Å². The first-order valence-corrected chi connectivity index (χ1v) is 5.99. The van der Waals surface area contributed by atoms with E-state index < -0.39 is 10.8 Å². The summed E-state index contributed by atoms with van der Waals surface area (Å²) in [5, 5.41) is 21.5. The van der Waals surface area contributed by atoms with Crippen molar-refractivity contribution < 1.29 is 9.72 Å². The molecule has 2 heterocycles. The molecule has 0 atom stereocenters. The van der Waals surface area contributed by atoms with E-state index >= 15 is 0 Å². The van der Waals surface area contributed by atoms with Crippen molar-refractivity contribution in [2.75, 3.05) is 0 Å². The van der Waals surface area contributed by atoms with Gasteiger partial charge in [0.1, 0.15) is 6.20 Å². The fraction of sp³-hybridized carbons (Fsp3) is 0.364. The van der Waals surface area contributed by atoms with Crippen LogP contribution < -0.4 is 5.32 Å². The minimum Gasteiger partial charge on any atom is -0.345 e. The quantitative estimate of drug-likeness (QED) is 0.632. The second-order valence-corrected chi connectivity index (χ2v) is 4.14. The average Bonchev–Trinajstić information content (AvgIpc) is 3.02. The maximum atomic E-state index is 12.0. The SMILES string of the molecule is CCn1cc([N+](=O)[O-])c(C(=O)NCc2ccn(C)n2)n1. The summed E-state index contributed by atoms with van der Waals surface area (Å²) in [5.41, 5.74) is 0.177. The summed E-state index contributed by atoms with van der Waals surface area (Å²) < 4.78 is 2.96. The Hall–Kier alpha value is -2.71. The number of hydrogen-bond acceptors (Lipinski definition) is 5. The van der Waals surface area contributed by atoms with Crippen molar-refractivity contribution in [2.45, 2.75) is 20.0 Å². The highest BCUT2D eigenvalue weighted by molar-refractivity contribution is 5.95. The molecule has 9 nitrogen and oxygen atoms in total. The zero-order valence-corrected chi connectivity index (χ0v) is 11.1. The largest absolute Gasteiger partial charge is 0.345 e. The number of carbonyl (C=O) groups excluding carboxylic acids is 1. The van der Waals surface area contributed by atoms with Crippen molar-refractivity contribution in [3.05, 3.63) is 40.0 Å². The molecule has 0 saturated heterocycles. The smallest absolute Gasteiger partial charge is 0.320 e. The van der Waals surface area contributed by atoms with Crippen LogP contribution in [0, 0.1) is 10.1 Å². The number of aromatic nitrogens is 4. The van der Waals surface area contributed by atoms with Gasteiger partial charge in [0, 0.05) is 19.8 Å². The molecular formula is C11H14N6O3. The third-order valence-electron chi connectivity index (χ3n) is 2.68. The lowest BCUT2D eigenvalue weighted by Crippen LogP contribution is -2.24. The van der Waals surface area contributed by atoms with E-state index in [0.29, 0.717) is 12.2 Å². The van der Waals surface area contributed by atoms with Gasteiger partial charge in [0.05, 0.1) is 17.2 Å². The van der Waals surface area contributed by atoms with Crippen molar-refractivity contribution >= 4 is 11.6 Å². The Bertz CT molecular complexity index is 644. The summed E-state index contributed by atoms with van der Waals surface area (Å²) in [6.45, 7) is 2.43. The van der Waals surface area contributed by atoms with Crippen LogP contribution in [-0.2, 0) is 20.1 Å². The topological polar surface area (TPSA) is 108 Å². The van der Waals surface area contributed by atoms with E-state index in [1.54, 1.807) is 30.9 Å². The van der Waals surface area contributed by atoms with Crippen molar-refractivity contribution in [3.8, 4) is 0 Å². The second-order valence-electron chi connectivity index (χ2n) is 4.14. The van der Waals surface area contributed by atoms with Crippen LogP contribution in [0.1, 0.15) is 23.1 Å². The molecule has 0 radical (unpaired) electrons. The fourth-order valence-electron chi connectivity index (χ4n) is 1.68. The molecule has 0 unspecified atom stereocenters. The van der Waals surface area contributed by atoms with Crippen LogP contribution in [0.15, 0.2) is 18.5 Å². The third kappa shape index (κ3) is 2.82. The number of hydrogen-bond donors (Lipinski definition) is 1. The van der Waals surface area contributed by atoms with E-state index in [1.807, 2.05) is 0 Å². The van der Waals surface area contributed by atoms with Gasteiger partial charge in [-0.25, -0.2) is 0 Å². The van der Waals surface area contributed by atoms with Gasteiger partial charge in [0.2, 0.25) is 5.69 Å². The lowest BCUT2D eigenvalue weighted by atomic mass is 10.3. The van der Waals surface area contributed by atoms with Gasteiger partial charge in [-0.1, -0.05) is 0 Å². The normalized spacial score (nSPS) is 10.5. The fourth-order valence-corrected chi connectivity index (χ4v) is 1.68. The summed E-state index contributed by atoms with van der Waals surface area (Å²) in [6, 6.07) is 1.75. The van der Waals surface area contributed by atoms with Crippen molar-refractivity contribution in [3.63, 3.8) is 0 Å². The summed E-state index contributed by atoms with van der Waals surface area (Å²) in [5.74, 6) is -0.588. The van der Waals surface area contributed by atoms with Gasteiger partial charge in [-0.15, -0.1) is 0 Å². The Morgan fingerprint density at radius 3 is 2.80 bits per heavy atom. The molecular weight excluding hydrogens is 264 g/mol. The van der Waals surface area contributed by atoms with Gasteiger partial charge in [-0.3, -0.25) is 24.3 Å². The molecule has 1 N–H and O–H groups in total. The first kappa shape index (κ1) is 13.7. The van der Waals surface area contributed by atoms with Crippen LogP contribution in [-0.4, -0.2) is 30.4 Å². The number of aryl methyl sites for hydroxylation is 2. The molecule has 9 heteroatoms. The Kier molecular flexibility index (Phi) is 3.78. The van der Waals surface area contributed by atoms with Gasteiger partial charge in [0.15, 0.2) is 0 Å². The van der Waals surface area contributed by atoms with E-state index in [-0.39, 0.29) is 17.9 Å². The number of amides is 1. The highest BCUT2D eigenvalue weighted by Gasteiger charge is 2.25. The molecule has 2 rings (SSSR count). The van der Waals surface area contributed by atoms with Crippen LogP contribution in [0.4, 0.5) is 5.69 Å². The maximum absolute atomic E-state index is 12.0. The summed E-state index contributed by atoms with van der Waals surface area (Å²) >= 11 is 0. The minimum absolute atomic E-state index is 0.187. The monoisotopic (exact) mass is 278 g/mol. The average molecular weight is 278 g/mol. The molecule has 2 aromatic rings. The van der Waals surface area contributed by atoms with Gasteiger partial charge >= 0.3 is 5.69 Å². The van der Waals surface area contributed by atoms with Gasteiger partial charge in [-0.05, 0) is 13.0 Å². The Labute approximate surface area is 114 Å². The Morgan fingerprint density at radius 1 is 1.50 bits per heavy atom. The zero-order chi connectivity index (χ0) is 14.7. The van der Waals surface area contributed by atoms with Gasteiger partial charge in [-0.2, -0.15) is 10.2 Å². The molecule has 0 saturated carbocycles. The molecule has 0 aromatic carbocycles. The molecule has 0 fully saturated rings. The van der Waals surface area contributed by atoms with Crippen LogP contribution in [0.3, 0.4) is 0 Å². The van der Waals surface area contributed by atoms with E-state index in [1.165, 1.54) is 10.9 Å². The Morgan fingerprint density at radius 2 is 2.25 bits per heavy atom. The van der Waals surface area contributed by atoms with Crippen LogP contribution >= 0.6 is 0 Å². The van der Waals surface area contributed by atoms with Crippen molar-refractivity contribution in [1.29, 1.82) is 0 Å². The van der Waals surface area contributed by atoms with Gasteiger partial charge in [0.25, 0.3) is 5.91 Å². The summed E-state index contributed by atoms with van der Waals surface area (Å²) in [6.07, 6.45) is 2.99. The lowest BCUT2D eigenvalue weighted by Gasteiger charge is -2.00. The minimum atomic E-state index is -0.616. The third-order valence-corrected chi connectivity index (χ3v) is 2.68. The Balaban J connectivity index is 2.12. The predicted molar refractivity (Wildman–Crippen MR) is 68.9 cm³/mol. The lowest BCUT2D eigenvalue weighted by molar-refractivity contribution is -0.385. The maximum Gasteiger partial charge on any atom is 0.320 e. The molecule has 1 amide bonds. The zero-order valence-electron chi connectivity index (χ0n) is 11.1. The van der Waals surface area contributed by atoms with Crippen molar-refractivity contribution in [2.24, 2.45) is 7.05 Å². The highest BCUT2D eigenvalue weighted by Crippen LogP contribution is 2.16. The molecule has 0 bridgehead atoms. The van der Waals surface area contributed by atoms with E-state index in [0.717, 1.165) is 0 Å². The second kappa shape index (κ2) is 5.51. The first-order chi connectivity index (χ1) is 9.51. The molecule has 0 aliphatic rings. The summed E-state index contributed by atoms with van der Waals surface area (Å²) in [4.78, 5) is 22.2. The molecule has 106 valence electrons.